The molecule has 0 saturated carbocycles. The lowest BCUT2D eigenvalue weighted by Gasteiger charge is -2.06. The molecule has 3 rings (SSSR count). The molecule has 0 bridgehead atoms. The first-order valence-corrected chi connectivity index (χ1v) is 7.75. The summed E-state index contributed by atoms with van der Waals surface area (Å²) in [5, 5.41) is 6.61. The van der Waals surface area contributed by atoms with Gasteiger partial charge in [0.1, 0.15) is 11.5 Å². The van der Waals surface area contributed by atoms with Gasteiger partial charge in [-0.15, -0.1) is 11.3 Å². The Morgan fingerprint density at radius 2 is 2.05 bits per heavy atom. The van der Waals surface area contributed by atoms with E-state index in [0.717, 1.165) is 26.7 Å². The van der Waals surface area contributed by atoms with E-state index in [4.69, 9.17) is 28.9 Å². The van der Waals surface area contributed by atoms with Gasteiger partial charge in [0, 0.05) is 23.8 Å². The Kier molecular flexibility index (Phi) is 3.65. The Hall–Kier alpha value is -1.56. The zero-order valence-corrected chi connectivity index (χ0v) is 13.7. The Labute approximate surface area is 136 Å². The standard InChI is InChI=1S/C14H12Cl2N4S/c1-7-18-6-11(21-7)13-12(14(17)20(2)19-13)9-4-3-8(15)5-10(9)16/h3-6H,17H2,1-2H3. The van der Waals surface area contributed by atoms with Crippen LogP contribution in [0.4, 0.5) is 5.82 Å². The maximum Gasteiger partial charge on any atom is 0.130 e. The number of aryl methyl sites for hydroxylation is 2. The van der Waals surface area contributed by atoms with E-state index in [-0.39, 0.29) is 0 Å². The number of hydrogen-bond donors (Lipinski definition) is 1. The number of halogens is 2. The maximum absolute atomic E-state index is 6.32. The summed E-state index contributed by atoms with van der Waals surface area (Å²) in [6.07, 6.45) is 1.80. The molecule has 1 aromatic carbocycles. The lowest BCUT2D eigenvalue weighted by Crippen LogP contribution is -1.98. The Bertz CT molecular complexity index is 822. The summed E-state index contributed by atoms with van der Waals surface area (Å²) in [6.45, 7) is 1.95. The van der Waals surface area contributed by atoms with Crippen molar-refractivity contribution in [3.8, 4) is 21.7 Å². The highest BCUT2D eigenvalue weighted by Gasteiger charge is 2.20. The van der Waals surface area contributed by atoms with Crippen molar-refractivity contribution in [2.45, 2.75) is 6.92 Å². The van der Waals surface area contributed by atoms with E-state index >= 15 is 0 Å². The van der Waals surface area contributed by atoms with Gasteiger partial charge in [0.25, 0.3) is 0 Å². The number of aromatic nitrogens is 3. The fourth-order valence-corrected chi connectivity index (χ4v) is 3.41. The number of nitrogen functional groups attached to an aromatic ring is 1. The second-order valence-electron chi connectivity index (χ2n) is 4.60. The van der Waals surface area contributed by atoms with Gasteiger partial charge >= 0.3 is 0 Å². The van der Waals surface area contributed by atoms with Crippen LogP contribution in [0, 0.1) is 6.92 Å². The maximum atomic E-state index is 6.32. The van der Waals surface area contributed by atoms with Crippen LogP contribution in [0.25, 0.3) is 21.7 Å². The summed E-state index contributed by atoms with van der Waals surface area (Å²) in [5.74, 6) is 0.556. The minimum atomic E-state index is 0.546. The zero-order valence-electron chi connectivity index (χ0n) is 11.4. The van der Waals surface area contributed by atoms with Crippen LogP contribution in [0.1, 0.15) is 5.01 Å². The van der Waals surface area contributed by atoms with Crippen molar-refractivity contribution in [2.75, 3.05) is 5.73 Å². The van der Waals surface area contributed by atoms with Gasteiger partial charge in [0.05, 0.1) is 20.5 Å². The second kappa shape index (κ2) is 5.33. The van der Waals surface area contributed by atoms with Gasteiger partial charge in [-0.1, -0.05) is 29.3 Å². The molecule has 2 aromatic heterocycles. The molecule has 4 nitrogen and oxygen atoms in total. The smallest absolute Gasteiger partial charge is 0.130 e. The van der Waals surface area contributed by atoms with Crippen LogP contribution in [-0.2, 0) is 7.05 Å². The van der Waals surface area contributed by atoms with Crippen molar-refractivity contribution in [2.24, 2.45) is 7.05 Å². The highest BCUT2D eigenvalue weighted by molar-refractivity contribution is 7.15. The molecule has 7 heteroatoms. The fourth-order valence-electron chi connectivity index (χ4n) is 2.14. The highest BCUT2D eigenvalue weighted by atomic mass is 35.5. The number of thiazole rings is 1. The summed E-state index contributed by atoms with van der Waals surface area (Å²) >= 11 is 13.9. The summed E-state index contributed by atoms with van der Waals surface area (Å²) in [6, 6.07) is 5.35. The van der Waals surface area contributed by atoms with Crippen LogP contribution in [0.2, 0.25) is 10.0 Å². The molecule has 0 radical (unpaired) electrons. The fraction of sp³-hybridized carbons (Fsp3) is 0.143. The molecule has 108 valence electrons. The van der Waals surface area contributed by atoms with Gasteiger partial charge in [-0.05, 0) is 19.1 Å². The van der Waals surface area contributed by atoms with Crippen LogP contribution in [0.15, 0.2) is 24.4 Å². The predicted molar refractivity (Wildman–Crippen MR) is 88.9 cm³/mol. The van der Waals surface area contributed by atoms with Crippen molar-refractivity contribution < 1.29 is 0 Å². The van der Waals surface area contributed by atoms with E-state index in [1.54, 1.807) is 41.4 Å². The van der Waals surface area contributed by atoms with Crippen molar-refractivity contribution in [3.63, 3.8) is 0 Å². The van der Waals surface area contributed by atoms with Crippen LogP contribution in [-0.4, -0.2) is 14.8 Å². The summed E-state index contributed by atoms with van der Waals surface area (Å²) < 4.78 is 1.64. The van der Waals surface area contributed by atoms with Crippen molar-refractivity contribution in [3.05, 3.63) is 39.4 Å². The summed E-state index contributed by atoms with van der Waals surface area (Å²) in [4.78, 5) is 5.24. The van der Waals surface area contributed by atoms with E-state index < -0.39 is 0 Å². The summed E-state index contributed by atoms with van der Waals surface area (Å²) in [5.41, 5.74) is 8.58. The molecular formula is C14H12Cl2N4S. The third-order valence-electron chi connectivity index (χ3n) is 3.15. The number of anilines is 1. The van der Waals surface area contributed by atoms with Gasteiger partial charge in [0.2, 0.25) is 0 Å². The lowest BCUT2D eigenvalue weighted by atomic mass is 10.0. The lowest BCUT2D eigenvalue weighted by molar-refractivity contribution is 0.783. The van der Waals surface area contributed by atoms with E-state index in [0.29, 0.717) is 15.9 Å². The molecule has 0 aliphatic heterocycles. The number of rotatable bonds is 2. The summed E-state index contributed by atoms with van der Waals surface area (Å²) in [7, 11) is 1.81. The SMILES string of the molecule is Cc1ncc(-c2nn(C)c(N)c2-c2ccc(Cl)cc2Cl)s1. The normalized spacial score (nSPS) is 11.0. The predicted octanol–water partition coefficient (Wildman–Crippen LogP) is 4.41. The van der Waals surface area contributed by atoms with Crippen molar-refractivity contribution in [1.82, 2.24) is 14.8 Å². The molecule has 0 unspecified atom stereocenters. The highest BCUT2D eigenvalue weighted by Crippen LogP contribution is 2.41. The van der Waals surface area contributed by atoms with Gasteiger partial charge < -0.3 is 5.73 Å². The number of benzene rings is 1. The first-order chi connectivity index (χ1) is 9.97. The molecule has 0 atom stereocenters. The molecule has 0 aliphatic rings. The molecule has 0 saturated heterocycles. The molecule has 3 aromatic rings. The van der Waals surface area contributed by atoms with Crippen LogP contribution in [0.5, 0.6) is 0 Å². The van der Waals surface area contributed by atoms with Gasteiger partial charge in [-0.2, -0.15) is 5.10 Å². The van der Waals surface area contributed by atoms with Gasteiger partial charge in [-0.3, -0.25) is 4.68 Å². The average Bonchev–Trinajstić information content (AvgIpc) is 2.96. The van der Waals surface area contributed by atoms with Crippen LogP contribution < -0.4 is 5.73 Å². The molecule has 21 heavy (non-hydrogen) atoms. The number of hydrogen-bond acceptors (Lipinski definition) is 4. The average molecular weight is 339 g/mol. The molecule has 2 heterocycles. The molecule has 0 spiro atoms. The number of nitrogens with two attached hydrogens (primary N) is 1. The van der Waals surface area contributed by atoms with E-state index in [1.807, 2.05) is 13.0 Å². The van der Waals surface area contributed by atoms with E-state index in [9.17, 15) is 0 Å². The minimum absolute atomic E-state index is 0.546. The van der Waals surface area contributed by atoms with Gasteiger partial charge in [0.15, 0.2) is 0 Å². The topological polar surface area (TPSA) is 56.7 Å². The first kappa shape index (κ1) is 14.4. The van der Waals surface area contributed by atoms with Crippen molar-refractivity contribution >= 4 is 40.4 Å². The first-order valence-electron chi connectivity index (χ1n) is 6.18. The Morgan fingerprint density at radius 3 is 2.67 bits per heavy atom. The Morgan fingerprint density at radius 1 is 1.29 bits per heavy atom. The molecular weight excluding hydrogens is 327 g/mol. The number of nitrogens with zero attached hydrogens (tertiary/aromatic N) is 3. The second-order valence-corrected chi connectivity index (χ2v) is 6.68. The quantitative estimate of drug-likeness (QED) is 0.752. The van der Waals surface area contributed by atoms with E-state index in [2.05, 4.69) is 10.1 Å². The van der Waals surface area contributed by atoms with Gasteiger partial charge in [-0.25, -0.2) is 4.98 Å². The molecule has 0 fully saturated rings. The van der Waals surface area contributed by atoms with Crippen LogP contribution >= 0.6 is 34.5 Å². The van der Waals surface area contributed by atoms with Crippen LogP contribution in [0.3, 0.4) is 0 Å². The molecule has 0 aliphatic carbocycles. The monoisotopic (exact) mass is 338 g/mol. The largest absolute Gasteiger partial charge is 0.383 e. The van der Waals surface area contributed by atoms with E-state index in [1.165, 1.54) is 0 Å². The molecule has 0 amide bonds. The Balaban J connectivity index is 2.26. The van der Waals surface area contributed by atoms with Crippen molar-refractivity contribution in [1.29, 1.82) is 0 Å². The third-order valence-corrected chi connectivity index (χ3v) is 4.61. The minimum Gasteiger partial charge on any atom is -0.383 e. The molecule has 2 N–H and O–H groups in total. The zero-order chi connectivity index (χ0) is 15.1. The third kappa shape index (κ3) is 2.52.